The first kappa shape index (κ1) is 21.2. The van der Waals surface area contributed by atoms with Gasteiger partial charge in [-0.05, 0) is 65.9 Å². The predicted octanol–water partition coefficient (Wildman–Crippen LogP) is 2.74. The molecular formula is C23H26N2O5S. The third-order valence-electron chi connectivity index (χ3n) is 5.89. The third-order valence-corrected chi connectivity index (χ3v) is 7.07. The maximum absolute atomic E-state index is 13.4. The fourth-order valence-corrected chi connectivity index (χ4v) is 5.16. The van der Waals surface area contributed by atoms with E-state index in [2.05, 4.69) is 0 Å². The molecule has 4 rings (SSSR count). The number of nitrogens with zero attached hydrogens (tertiary/aromatic N) is 2. The highest BCUT2D eigenvalue weighted by Gasteiger charge is 2.28. The van der Waals surface area contributed by atoms with Crippen LogP contribution in [0.3, 0.4) is 0 Å². The topological polar surface area (TPSA) is 76.2 Å². The van der Waals surface area contributed by atoms with E-state index in [4.69, 9.17) is 9.47 Å². The van der Waals surface area contributed by atoms with Crippen LogP contribution in [0.1, 0.15) is 27.0 Å². The minimum Gasteiger partial charge on any atom is -0.493 e. The second-order valence-corrected chi connectivity index (χ2v) is 9.77. The van der Waals surface area contributed by atoms with Crippen molar-refractivity contribution >= 4 is 27.6 Å². The first-order chi connectivity index (χ1) is 14.7. The smallest absolute Gasteiger partial charge is 0.232 e. The molecule has 0 radical (unpaired) electrons. The standard InChI is InChI=1S/C23H26N2O5S/c1-24-9-7-15-13-21(29-2)22(30-3)14-18(15)12-20(24)23(26)17-5-6-19-16(11-17)8-10-25(19)31(4,27)28/h5-6,11-14H,7-10H2,1-4H3. The minimum atomic E-state index is -3.32. The third kappa shape index (κ3) is 3.87. The number of ketones is 1. The van der Waals surface area contributed by atoms with E-state index in [0.717, 1.165) is 23.1 Å². The number of anilines is 1. The molecule has 7 nitrogen and oxygen atoms in total. The number of allylic oxidation sites excluding steroid dienone is 1. The highest BCUT2D eigenvalue weighted by Crippen LogP contribution is 2.35. The molecule has 0 saturated carbocycles. The van der Waals surface area contributed by atoms with Crippen LogP contribution in [0.2, 0.25) is 0 Å². The van der Waals surface area contributed by atoms with Crippen molar-refractivity contribution in [3.8, 4) is 11.5 Å². The van der Waals surface area contributed by atoms with Crippen LogP contribution in [0, 0.1) is 0 Å². The van der Waals surface area contributed by atoms with E-state index in [1.807, 2.05) is 36.2 Å². The van der Waals surface area contributed by atoms with Gasteiger partial charge in [0.1, 0.15) is 0 Å². The molecular weight excluding hydrogens is 416 g/mol. The summed E-state index contributed by atoms with van der Waals surface area (Å²) in [5.41, 5.74) is 4.68. The Morgan fingerprint density at radius 2 is 1.65 bits per heavy atom. The molecule has 164 valence electrons. The summed E-state index contributed by atoms with van der Waals surface area (Å²) in [6.45, 7) is 1.09. The van der Waals surface area contributed by atoms with Gasteiger partial charge in [-0.3, -0.25) is 9.10 Å². The molecule has 0 aliphatic carbocycles. The van der Waals surface area contributed by atoms with Crippen LogP contribution in [0.4, 0.5) is 5.69 Å². The molecule has 31 heavy (non-hydrogen) atoms. The average molecular weight is 443 g/mol. The number of Topliss-reactive ketones (excluding diaryl/α,β-unsaturated/α-hetero) is 1. The molecule has 0 fully saturated rings. The molecule has 0 amide bonds. The van der Waals surface area contributed by atoms with Gasteiger partial charge in [0.05, 0.1) is 31.9 Å². The van der Waals surface area contributed by atoms with Crippen molar-refractivity contribution in [1.29, 1.82) is 0 Å². The predicted molar refractivity (Wildman–Crippen MR) is 121 cm³/mol. The fourth-order valence-electron chi connectivity index (χ4n) is 4.20. The Labute approximate surface area is 182 Å². The van der Waals surface area contributed by atoms with E-state index < -0.39 is 10.0 Å². The Balaban J connectivity index is 1.72. The summed E-state index contributed by atoms with van der Waals surface area (Å²) in [6.07, 6.45) is 4.46. The van der Waals surface area contributed by atoms with E-state index in [1.54, 1.807) is 26.4 Å². The molecule has 2 aliphatic rings. The maximum atomic E-state index is 13.4. The van der Waals surface area contributed by atoms with Gasteiger partial charge >= 0.3 is 0 Å². The Morgan fingerprint density at radius 3 is 2.32 bits per heavy atom. The van der Waals surface area contributed by atoms with Crippen LogP contribution in [-0.4, -0.2) is 59.7 Å². The van der Waals surface area contributed by atoms with Crippen LogP contribution >= 0.6 is 0 Å². The van der Waals surface area contributed by atoms with Crippen molar-refractivity contribution in [3.05, 3.63) is 58.3 Å². The molecule has 0 unspecified atom stereocenters. The van der Waals surface area contributed by atoms with E-state index in [-0.39, 0.29) is 5.78 Å². The van der Waals surface area contributed by atoms with Crippen molar-refractivity contribution < 1.29 is 22.7 Å². The second-order valence-electron chi connectivity index (χ2n) is 7.86. The summed E-state index contributed by atoms with van der Waals surface area (Å²) in [5.74, 6) is 1.19. The second kappa shape index (κ2) is 7.92. The lowest BCUT2D eigenvalue weighted by Crippen LogP contribution is -2.27. The average Bonchev–Trinajstić information content (AvgIpc) is 3.11. The van der Waals surface area contributed by atoms with Crippen molar-refractivity contribution in [2.75, 3.05) is 44.9 Å². The van der Waals surface area contributed by atoms with E-state index in [9.17, 15) is 13.2 Å². The molecule has 0 aromatic heterocycles. The van der Waals surface area contributed by atoms with Gasteiger partial charge in [-0.1, -0.05) is 0 Å². The lowest BCUT2D eigenvalue weighted by molar-refractivity contribution is 0.100. The molecule has 0 atom stereocenters. The number of likely N-dealkylation sites (N-methyl/N-ethyl adjacent to an activating group) is 1. The van der Waals surface area contributed by atoms with Crippen molar-refractivity contribution in [2.45, 2.75) is 12.8 Å². The summed E-state index contributed by atoms with van der Waals surface area (Å²) in [7, 11) is 1.78. The number of benzene rings is 2. The number of hydrogen-bond donors (Lipinski definition) is 0. The van der Waals surface area contributed by atoms with E-state index >= 15 is 0 Å². The monoisotopic (exact) mass is 442 g/mol. The zero-order chi connectivity index (χ0) is 22.3. The lowest BCUT2D eigenvalue weighted by Gasteiger charge is -2.20. The Hall–Kier alpha value is -3.00. The number of hydrogen-bond acceptors (Lipinski definition) is 6. The molecule has 0 spiro atoms. The van der Waals surface area contributed by atoms with Gasteiger partial charge in [0, 0.05) is 25.7 Å². The molecule has 8 heteroatoms. The Morgan fingerprint density at radius 1 is 0.968 bits per heavy atom. The number of sulfonamides is 1. The van der Waals surface area contributed by atoms with Gasteiger partial charge < -0.3 is 14.4 Å². The molecule has 0 N–H and O–H groups in total. The van der Waals surface area contributed by atoms with Gasteiger partial charge in [-0.25, -0.2) is 8.42 Å². The zero-order valence-electron chi connectivity index (χ0n) is 18.1. The Bertz CT molecular complexity index is 1190. The van der Waals surface area contributed by atoms with Gasteiger partial charge in [0.25, 0.3) is 0 Å². The quantitative estimate of drug-likeness (QED) is 0.663. The summed E-state index contributed by atoms with van der Waals surface area (Å²) in [5, 5.41) is 0. The number of carbonyl (C=O) groups is 1. The van der Waals surface area contributed by atoms with Gasteiger partial charge in [-0.15, -0.1) is 0 Å². The van der Waals surface area contributed by atoms with E-state index in [1.165, 1.54) is 10.6 Å². The van der Waals surface area contributed by atoms with Crippen molar-refractivity contribution in [3.63, 3.8) is 0 Å². The van der Waals surface area contributed by atoms with Crippen LogP contribution in [0.5, 0.6) is 11.5 Å². The Kier molecular flexibility index (Phi) is 5.43. The normalized spacial score (nSPS) is 15.7. The number of fused-ring (bicyclic) bond motifs is 2. The summed E-state index contributed by atoms with van der Waals surface area (Å²) < 4.78 is 36.2. The highest BCUT2D eigenvalue weighted by molar-refractivity contribution is 7.92. The zero-order valence-corrected chi connectivity index (χ0v) is 19.0. The fraction of sp³-hybridized carbons (Fsp3) is 0.348. The van der Waals surface area contributed by atoms with Gasteiger partial charge in [-0.2, -0.15) is 0 Å². The van der Waals surface area contributed by atoms with Crippen molar-refractivity contribution in [2.24, 2.45) is 0 Å². The number of methoxy groups -OCH3 is 2. The molecule has 2 heterocycles. The number of carbonyl (C=O) groups excluding carboxylic acids is 1. The SMILES string of the molecule is COc1cc2c(cc1OC)CCN(C)C(C(=O)c1ccc3c(c1)CCN3S(C)(=O)=O)=C2. The van der Waals surface area contributed by atoms with Crippen LogP contribution in [0.25, 0.3) is 6.08 Å². The largest absolute Gasteiger partial charge is 0.493 e. The summed E-state index contributed by atoms with van der Waals surface area (Å²) in [6, 6.07) is 9.11. The summed E-state index contributed by atoms with van der Waals surface area (Å²) >= 11 is 0. The molecule has 0 saturated heterocycles. The molecule has 2 aromatic carbocycles. The first-order valence-electron chi connectivity index (χ1n) is 10.1. The highest BCUT2D eigenvalue weighted by atomic mass is 32.2. The molecule has 0 bridgehead atoms. The number of rotatable bonds is 5. The first-order valence-corrected chi connectivity index (χ1v) is 11.9. The minimum absolute atomic E-state index is 0.0919. The molecule has 2 aliphatic heterocycles. The summed E-state index contributed by atoms with van der Waals surface area (Å²) in [4.78, 5) is 15.4. The van der Waals surface area contributed by atoms with Crippen LogP contribution < -0.4 is 13.8 Å². The molecule has 2 aromatic rings. The van der Waals surface area contributed by atoms with Crippen LogP contribution in [0.15, 0.2) is 36.0 Å². The number of ether oxygens (including phenoxy) is 2. The lowest BCUT2D eigenvalue weighted by atomic mass is 10.0. The van der Waals surface area contributed by atoms with Crippen molar-refractivity contribution in [1.82, 2.24) is 4.90 Å². The van der Waals surface area contributed by atoms with E-state index in [0.29, 0.717) is 48.0 Å². The van der Waals surface area contributed by atoms with Gasteiger partial charge in [0.15, 0.2) is 11.5 Å². The van der Waals surface area contributed by atoms with Gasteiger partial charge in [0.2, 0.25) is 15.8 Å². The maximum Gasteiger partial charge on any atom is 0.232 e. The van der Waals surface area contributed by atoms with Crippen LogP contribution in [-0.2, 0) is 22.9 Å².